The van der Waals surface area contributed by atoms with Crippen LogP contribution in [0.15, 0.2) is 0 Å². The van der Waals surface area contributed by atoms with Crippen LogP contribution in [0.5, 0.6) is 0 Å². The first-order chi connectivity index (χ1) is 15.7. The molecule has 0 bridgehead atoms. The molecule has 0 fully saturated rings. The van der Waals surface area contributed by atoms with Crippen molar-refractivity contribution < 1.29 is 9.53 Å². The monoisotopic (exact) mass is 516 g/mol. The Hall–Kier alpha value is -0.0500. The van der Waals surface area contributed by atoms with Gasteiger partial charge < -0.3 is 4.74 Å². The van der Waals surface area contributed by atoms with Gasteiger partial charge in [-0.1, -0.05) is 139 Å². The molecule has 0 unspecified atom stereocenters. The lowest BCUT2D eigenvalue weighted by Crippen LogP contribution is -2.18. The number of carbonyl (C=O) groups excluding carboxylic acids is 1. The molecule has 2 nitrogen and oxygen atoms in total. The zero-order valence-corrected chi connectivity index (χ0v) is 23.5. The van der Waals surface area contributed by atoms with Crippen LogP contribution in [-0.4, -0.2) is 17.4 Å². The Morgan fingerprint density at radius 3 is 1.38 bits per heavy atom. The van der Waals surface area contributed by atoms with Gasteiger partial charge in [-0.25, -0.2) is 0 Å². The first-order valence-electron chi connectivity index (χ1n) is 14.5. The van der Waals surface area contributed by atoms with Gasteiger partial charge in [0.05, 0.1) is 0 Å². The molecule has 0 heterocycles. The minimum absolute atomic E-state index is 0.0506. The van der Waals surface area contributed by atoms with Crippen LogP contribution in [0, 0.1) is 0 Å². The molecule has 0 rings (SSSR count). The average molecular weight is 518 g/mol. The second kappa shape index (κ2) is 27.2. The average Bonchev–Trinajstić information content (AvgIpc) is 2.79. The normalized spacial score (nSPS) is 11.4. The molecule has 192 valence electrons. The van der Waals surface area contributed by atoms with E-state index in [1.165, 1.54) is 122 Å². The van der Waals surface area contributed by atoms with Crippen molar-refractivity contribution in [2.45, 2.75) is 174 Å². The third kappa shape index (κ3) is 24.6. The zero-order chi connectivity index (χ0) is 23.5. The van der Waals surface area contributed by atoms with Crippen LogP contribution in [0.2, 0.25) is 0 Å². The Kier molecular flexibility index (Phi) is 27.2. The van der Waals surface area contributed by atoms with E-state index in [4.69, 9.17) is 4.74 Å². The number of ether oxygens (including phenoxy) is 1. The number of alkyl halides is 1. The number of hydrogen-bond acceptors (Lipinski definition) is 2. The van der Waals surface area contributed by atoms with E-state index in [-0.39, 0.29) is 12.1 Å². The molecule has 0 aromatic rings. The highest BCUT2D eigenvalue weighted by molar-refractivity contribution is 9.09. The molecule has 0 aromatic carbocycles. The van der Waals surface area contributed by atoms with Crippen LogP contribution in [-0.2, 0) is 9.53 Å². The Morgan fingerprint density at radius 2 is 0.938 bits per heavy atom. The summed E-state index contributed by atoms with van der Waals surface area (Å²) in [6, 6.07) is 0. The van der Waals surface area contributed by atoms with E-state index in [9.17, 15) is 4.79 Å². The fourth-order valence-electron chi connectivity index (χ4n) is 4.41. The lowest BCUT2D eigenvalue weighted by Gasteiger charge is -2.18. The molecule has 0 aliphatic heterocycles. The van der Waals surface area contributed by atoms with Gasteiger partial charge in [-0.3, -0.25) is 4.79 Å². The van der Waals surface area contributed by atoms with Gasteiger partial charge in [0.25, 0.3) is 0 Å². The van der Waals surface area contributed by atoms with Gasteiger partial charge in [0, 0.05) is 11.8 Å². The largest absolute Gasteiger partial charge is 0.462 e. The number of unbranched alkanes of at least 4 members (excludes halogenated alkanes) is 18. The molecular formula is C29H57BrO2. The van der Waals surface area contributed by atoms with E-state index in [1.807, 2.05) is 0 Å². The van der Waals surface area contributed by atoms with E-state index in [0.29, 0.717) is 6.42 Å². The molecule has 0 spiro atoms. The minimum atomic E-state index is 0.0506. The van der Waals surface area contributed by atoms with Crippen LogP contribution in [0.3, 0.4) is 0 Å². The summed E-state index contributed by atoms with van der Waals surface area (Å²) in [5, 5.41) is 1.09. The number of carbonyl (C=O) groups is 1. The van der Waals surface area contributed by atoms with Crippen LogP contribution >= 0.6 is 15.9 Å². The highest BCUT2D eigenvalue weighted by Crippen LogP contribution is 2.18. The number of hydrogen-bond donors (Lipinski definition) is 0. The summed E-state index contributed by atoms with van der Waals surface area (Å²) in [7, 11) is 0. The molecule has 0 aromatic heterocycles. The molecule has 0 atom stereocenters. The molecule has 0 aliphatic carbocycles. The van der Waals surface area contributed by atoms with Gasteiger partial charge in [0.1, 0.15) is 6.10 Å². The highest BCUT2D eigenvalue weighted by Gasteiger charge is 2.14. The summed E-state index contributed by atoms with van der Waals surface area (Å²) in [6.07, 6.45) is 30.2. The predicted octanol–water partition coefficient (Wildman–Crippen LogP) is 10.7. The van der Waals surface area contributed by atoms with Gasteiger partial charge in [-0.15, -0.1) is 0 Å². The van der Waals surface area contributed by atoms with Crippen LogP contribution in [0.1, 0.15) is 168 Å². The maximum absolute atomic E-state index is 12.4. The Balaban J connectivity index is 4.02. The minimum Gasteiger partial charge on any atom is -0.462 e. The molecule has 0 N–H and O–H groups in total. The smallest absolute Gasteiger partial charge is 0.306 e. The standard InChI is InChI=1S/C29H57BrO2/c1-3-5-7-9-11-13-16-20-24-28(25-21-17-14-12-10-8-6-4-2)32-29(31)26-22-18-15-19-23-27-30/h28H,3-27H2,1-2H3. The summed E-state index contributed by atoms with van der Waals surface area (Å²) in [4.78, 5) is 12.4. The third-order valence-corrected chi connectivity index (χ3v) is 7.13. The SMILES string of the molecule is CCCCCCCCCCC(CCCCCCCCCC)OC(=O)CCCCCCCBr. The number of esters is 1. The van der Waals surface area contributed by atoms with Gasteiger partial charge in [0.2, 0.25) is 0 Å². The van der Waals surface area contributed by atoms with Crippen LogP contribution in [0.25, 0.3) is 0 Å². The van der Waals surface area contributed by atoms with E-state index < -0.39 is 0 Å². The van der Waals surface area contributed by atoms with Gasteiger partial charge in [-0.05, 0) is 38.5 Å². The molecule has 32 heavy (non-hydrogen) atoms. The van der Waals surface area contributed by atoms with Crippen molar-refractivity contribution in [3.63, 3.8) is 0 Å². The van der Waals surface area contributed by atoms with Gasteiger partial charge in [0.15, 0.2) is 0 Å². The van der Waals surface area contributed by atoms with Crippen molar-refractivity contribution in [3.8, 4) is 0 Å². The van der Waals surface area contributed by atoms with E-state index in [0.717, 1.165) is 31.0 Å². The highest BCUT2D eigenvalue weighted by atomic mass is 79.9. The van der Waals surface area contributed by atoms with Gasteiger partial charge in [-0.2, -0.15) is 0 Å². The first-order valence-corrected chi connectivity index (χ1v) is 15.6. The molecule has 0 saturated heterocycles. The summed E-state index contributed by atoms with van der Waals surface area (Å²) >= 11 is 3.48. The van der Waals surface area contributed by atoms with Crippen molar-refractivity contribution in [3.05, 3.63) is 0 Å². The molecule has 0 amide bonds. The van der Waals surface area contributed by atoms with Crippen molar-refractivity contribution in [1.29, 1.82) is 0 Å². The van der Waals surface area contributed by atoms with Crippen LogP contribution < -0.4 is 0 Å². The lowest BCUT2D eigenvalue weighted by atomic mass is 10.0. The second-order valence-corrected chi connectivity index (χ2v) is 10.6. The fraction of sp³-hybridized carbons (Fsp3) is 0.966. The van der Waals surface area contributed by atoms with Crippen molar-refractivity contribution in [2.75, 3.05) is 5.33 Å². The summed E-state index contributed by atoms with van der Waals surface area (Å²) in [5.41, 5.74) is 0. The fourth-order valence-corrected chi connectivity index (χ4v) is 4.81. The quantitative estimate of drug-likeness (QED) is 0.0648. The summed E-state index contributed by atoms with van der Waals surface area (Å²) in [6.45, 7) is 4.55. The van der Waals surface area contributed by atoms with E-state index in [2.05, 4.69) is 29.8 Å². The summed E-state index contributed by atoms with van der Waals surface area (Å²) in [5.74, 6) is 0.0506. The number of rotatable bonds is 26. The second-order valence-electron chi connectivity index (χ2n) is 9.85. The van der Waals surface area contributed by atoms with Crippen LogP contribution in [0.4, 0.5) is 0 Å². The molecule has 3 heteroatoms. The lowest BCUT2D eigenvalue weighted by molar-refractivity contribution is -0.150. The Morgan fingerprint density at radius 1 is 0.562 bits per heavy atom. The Labute approximate surface area is 210 Å². The molecular weight excluding hydrogens is 460 g/mol. The van der Waals surface area contributed by atoms with Crippen molar-refractivity contribution in [2.24, 2.45) is 0 Å². The van der Waals surface area contributed by atoms with Gasteiger partial charge >= 0.3 is 5.97 Å². The maximum Gasteiger partial charge on any atom is 0.306 e. The first kappa shape index (κ1) is 31.9. The molecule has 0 radical (unpaired) electrons. The van der Waals surface area contributed by atoms with E-state index >= 15 is 0 Å². The topological polar surface area (TPSA) is 26.3 Å². The maximum atomic E-state index is 12.4. The van der Waals surface area contributed by atoms with Crippen molar-refractivity contribution in [1.82, 2.24) is 0 Å². The predicted molar refractivity (Wildman–Crippen MR) is 146 cm³/mol. The molecule has 0 aliphatic rings. The van der Waals surface area contributed by atoms with E-state index in [1.54, 1.807) is 0 Å². The Bertz CT molecular complexity index is 352. The van der Waals surface area contributed by atoms with Crippen molar-refractivity contribution >= 4 is 21.9 Å². The zero-order valence-electron chi connectivity index (χ0n) is 21.9. The molecule has 0 saturated carbocycles. The third-order valence-electron chi connectivity index (χ3n) is 6.57. The summed E-state index contributed by atoms with van der Waals surface area (Å²) < 4.78 is 5.95. The number of halogens is 1.